The third kappa shape index (κ3) is 3.80. The number of aromatic nitrogens is 1. The highest BCUT2D eigenvalue weighted by Gasteiger charge is 2.17. The number of carboxylic acids is 1. The summed E-state index contributed by atoms with van der Waals surface area (Å²) in [5.74, 6) is -1.08. The molecule has 0 aliphatic heterocycles. The molecule has 0 saturated carbocycles. The molecule has 6 heteroatoms. The Morgan fingerprint density at radius 3 is 2.74 bits per heavy atom. The van der Waals surface area contributed by atoms with E-state index in [4.69, 9.17) is 5.11 Å². The maximum atomic E-state index is 11.4. The molecule has 6 nitrogen and oxygen atoms in total. The summed E-state index contributed by atoms with van der Waals surface area (Å²) in [6.45, 7) is 5.16. The van der Waals surface area contributed by atoms with Gasteiger partial charge in [0.15, 0.2) is 0 Å². The van der Waals surface area contributed by atoms with Crippen LogP contribution in [0, 0.1) is 6.92 Å². The summed E-state index contributed by atoms with van der Waals surface area (Å²) in [6.07, 6.45) is 1.79. The Balaban J connectivity index is 2.91. The van der Waals surface area contributed by atoms with Crippen molar-refractivity contribution in [2.45, 2.75) is 19.4 Å². The standard InChI is InChI=1S/C13H16N2O4/c1-4-5-10(12(16)17)15-11-7-6-9(8(2)14-11)13(18)19-3/h4,6-7,10H,1,5H2,2-3H3,(H,14,15)(H,16,17). The largest absolute Gasteiger partial charge is 0.480 e. The SMILES string of the molecule is C=CCC(Nc1ccc(C(=O)OC)c(C)n1)C(=O)O. The minimum atomic E-state index is -0.989. The molecule has 1 atom stereocenters. The van der Waals surface area contributed by atoms with E-state index < -0.39 is 18.0 Å². The maximum Gasteiger partial charge on any atom is 0.339 e. The summed E-state index contributed by atoms with van der Waals surface area (Å²) in [4.78, 5) is 26.5. The molecular formula is C13H16N2O4. The molecule has 0 amide bonds. The zero-order chi connectivity index (χ0) is 14.4. The van der Waals surface area contributed by atoms with Gasteiger partial charge in [-0.25, -0.2) is 14.6 Å². The lowest BCUT2D eigenvalue weighted by Gasteiger charge is -2.14. The van der Waals surface area contributed by atoms with Crippen LogP contribution in [-0.4, -0.2) is 35.2 Å². The van der Waals surface area contributed by atoms with Gasteiger partial charge < -0.3 is 15.2 Å². The van der Waals surface area contributed by atoms with Crippen LogP contribution < -0.4 is 5.32 Å². The van der Waals surface area contributed by atoms with Gasteiger partial charge in [-0.2, -0.15) is 0 Å². The number of aliphatic carboxylic acids is 1. The van der Waals surface area contributed by atoms with E-state index in [0.29, 0.717) is 17.1 Å². The number of aryl methyl sites for hydroxylation is 1. The van der Waals surface area contributed by atoms with Crippen LogP contribution in [-0.2, 0) is 9.53 Å². The molecule has 19 heavy (non-hydrogen) atoms. The molecule has 0 radical (unpaired) electrons. The second kappa shape index (κ2) is 6.53. The first kappa shape index (κ1) is 14.7. The number of nitrogens with zero attached hydrogens (tertiary/aromatic N) is 1. The Bertz CT molecular complexity index is 499. The van der Waals surface area contributed by atoms with E-state index in [1.807, 2.05) is 0 Å². The van der Waals surface area contributed by atoms with E-state index in [9.17, 15) is 9.59 Å². The zero-order valence-corrected chi connectivity index (χ0v) is 10.8. The van der Waals surface area contributed by atoms with Gasteiger partial charge in [0.1, 0.15) is 11.9 Å². The van der Waals surface area contributed by atoms with Crippen LogP contribution in [0.1, 0.15) is 22.5 Å². The summed E-state index contributed by atoms with van der Waals surface area (Å²) in [5, 5.41) is 11.8. The monoisotopic (exact) mass is 264 g/mol. The number of ether oxygens (including phenoxy) is 1. The number of esters is 1. The van der Waals surface area contributed by atoms with Crippen LogP contribution in [0.25, 0.3) is 0 Å². The van der Waals surface area contributed by atoms with E-state index in [0.717, 1.165) is 0 Å². The van der Waals surface area contributed by atoms with Crippen molar-refractivity contribution in [2.24, 2.45) is 0 Å². The molecule has 1 aromatic rings. The number of hydrogen-bond donors (Lipinski definition) is 2. The van der Waals surface area contributed by atoms with Gasteiger partial charge in [0.2, 0.25) is 0 Å². The fourth-order valence-electron chi connectivity index (χ4n) is 1.53. The average Bonchev–Trinajstić information content (AvgIpc) is 2.37. The van der Waals surface area contributed by atoms with Crippen LogP contribution in [0.15, 0.2) is 24.8 Å². The molecule has 0 fully saturated rings. The van der Waals surface area contributed by atoms with Crippen LogP contribution in [0.5, 0.6) is 0 Å². The Morgan fingerprint density at radius 1 is 1.58 bits per heavy atom. The second-order valence-corrected chi connectivity index (χ2v) is 3.88. The molecule has 1 rings (SSSR count). The number of methoxy groups -OCH3 is 1. The summed E-state index contributed by atoms with van der Waals surface area (Å²) >= 11 is 0. The van der Waals surface area contributed by atoms with Gasteiger partial charge in [0.25, 0.3) is 0 Å². The Morgan fingerprint density at radius 2 is 2.26 bits per heavy atom. The van der Waals surface area contributed by atoms with Crippen molar-refractivity contribution < 1.29 is 19.4 Å². The third-order valence-corrected chi connectivity index (χ3v) is 2.51. The molecule has 0 aliphatic carbocycles. The summed E-state index contributed by atoms with van der Waals surface area (Å²) in [6, 6.07) is 2.29. The predicted octanol–water partition coefficient (Wildman–Crippen LogP) is 1.62. The number of anilines is 1. The Kier molecular flexibility index (Phi) is 5.05. The molecule has 2 N–H and O–H groups in total. The van der Waals surface area contributed by atoms with Crippen molar-refractivity contribution in [3.63, 3.8) is 0 Å². The molecular weight excluding hydrogens is 248 g/mol. The molecule has 0 aliphatic rings. The van der Waals surface area contributed by atoms with Gasteiger partial charge >= 0.3 is 11.9 Å². The topological polar surface area (TPSA) is 88.5 Å². The van der Waals surface area contributed by atoms with E-state index in [1.54, 1.807) is 13.0 Å². The first-order chi connectivity index (χ1) is 8.99. The molecule has 0 spiro atoms. The van der Waals surface area contributed by atoms with Gasteiger partial charge in [0, 0.05) is 0 Å². The van der Waals surface area contributed by atoms with Crippen molar-refractivity contribution >= 4 is 17.8 Å². The van der Waals surface area contributed by atoms with Crippen molar-refractivity contribution in [3.05, 3.63) is 36.0 Å². The van der Waals surface area contributed by atoms with Gasteiger partial charge in [-0.1, -0.05) is 6.08 Å². The van der Waals surface area contributed by atoms with E-state index >= 15 is 0 Å². The van der Waals surface area contributed by atoms with Gasteiger partial charge in [-0.3, -0.25) is 0 Å². The van der Waals surface area contributed by atoms with Gasteiger partial charge in [-0.05, 0) is 25.5 Å². The van der Waals surface area contributed by atoms with E-state index in [2.05, 4.69) is 21.6 Å². The number of nitrogens with one attached hydrogen (secondary N) is 1. The lowest BCUT2D eigenvalue weighted by Crippen LogP contribution is -2.29. The van der Waals surface area contributed by atoms with Crippen LogP contribution in [0.2, 0.25) is 0 Å². The van der Waals surface area contributed by atoms with Crippen molar-refractivity contribution in [2.75, 3.05) is 12.4 Å². The number of pyridine rings is 1. The van der Waals surface area contributed by atoms with Crippen molar-refractivity contribution in [1.82, 2.24) is 4.98 Å². The molecule has 0 aromatic carbocycles. The van der Waals surface area contributed by atoms with Gasteiger partial charge in [-0.15, -0.1) is 6.58 Å². The summed E-state index contributed by atoms with van der Waals surface area (Å²) < 4.78 is 4.61. The van der Waals surface area contributed by atoms with E-state index in [-0.39, 0.29) is 6.42 Å². The Labute approximate surface area is 111 Å². The normalized spacial score (nSPS) is 11.5. The second-order valence-electron chi connectivity index (χ2n) is 3.88. The first-order valence-electron chi connectivity index (χ1n) is 5.65. The number of carbonyl (C=O) groups is 2. The number of rotatable bonds is 6. The molecule has 102 valence electrons. The van der Waals surface area contributed by atoms with Crippen molar-refractivity contribution in [1.29, 1.82) is 0 Å². The van der Waals surface area contributed by atoms with E-state index in [1.165, 1.54) is 19.3 Å². The summed E-state index contributed by atoms with van der Waals surface area (Å²) in [5.41, 5.74) is 0.822. The quantitative estimate of drug-likeness (QED) is 0.599. The van der Waals surface area contributed by atoms with Crippen LogP contribution in [0.3, 0.4) is 0 Å². The lowest BCUT2D eigenvalue weighted by atomic mass is 10.2. The fraction of sp³-hybridized carbons (Fsp3) is 0.308. The first-order valence-corrected chi connectivity index (χ1v) is 5.65. The highest BCUT2D eigenvalue weighted by molar-refractivity contribution is 5.90. The third-order valence-electron chi connectivity index (χ3n) is 2.51. The average molecular weight is 264 g/mol. The minimum absolute atomic E-state index is 0.273. The summed E-state index contributed by atoms with van der Waals surface area (Å²) in [7, 11) is 1.29. The fourth-order valence-corrected chi connectivity index (χ4v) is 1.53. The number of hydrogen-bond acceptors (Lipinski definition) is 5. The maximum absolute atomic E-state index is 11.4. The molecule has 0 saturated heterocycles. The zero-order valence-electron chi connectivity index (χ0n) is 10.8. The van der Waals surface area contributed by atoms with Gasteiger partial charge in [0.05, 0.1) is 18.4 Å². The highest BCUT2D eigenvalue weighted by Crippen LogP contribution is 2.13. The van der Waals surface area contributed by atoms with Crippen LogP contribution >= 0.6 is 0 Å². The predicted molar refractivity (Wildman–Crippen MR) is 70.2 cm³/mol. The smallest absolute Gasteiger partial charge is 0.339 e. The minimum Gasteiger partial charge on any atom is -0.480 e. The Hall–Kier alpha value is -2.37. The molecule has 1 heterocycles. The molecule has 0 bridgehead atoms. The number of carboxylic acid groups (broad SMARTS) is 1. The van der Waals surface area contributed by atoms with Crippen LogP contribution in [0.4, 0.5) is 5.82 Å². The highest BCUT2D eigenvalue weighted by atomic mass is 16.5. The lowest BCUT2D eigenvalue weighted by molar-refractivity contribution is -0.137. The number of carbonyl (C=O) groups excluding carboxylic acids is 1. The molecule has 1 aromatic heterocycles. The van der Waals surface area contributed by atoms with Crippen molar-refractivity contribution in [3.8, 4) is 0 Å². The molecule has 1 unspecified atom stereocenters.